The molecule has 20 heavy (non-hydrogen) atoms. The molecule has 0 saturated heterocycles. The second-order valence-corrected chi connectivity index (χ2v) is 4.12. The lowest BCUT2D eigenvalue weighted by Crippen LogP contribution is -1.97. The quantitative estimate of drug-likeness (QED) is 0.767. The van der Waals surface area contributed by atoms with E-state index in [1.807, 2.05) is 48.6 Å². The van der Waals surface area contributed by atoms with E-state index in [9.17, 15) is 0 Å². The zero-order valence-electron chi connectivity index (χ0n) is 10.7. The van der Waals surface area contributed by atoms with Crippen LogP contribution >= 0.6 is 0 Å². The van der Waals surface area contributed by atoms with Crippen molar-refractivity contribution in [3.05, 3.63) is 60.9 Å². The molecule has 0 aliphatic rings. The number of aromatic nitrogens is 2. The summed E-state index contributed by atoms with van der Waals surface area (Å²) in [5.74, 6) is 1.37. The molecule has 0 aliphatic carbocycles. The molecule has 2 aromatic heterocycles. The van der Waals surface area contributed by atoms with Gasteiger partial charge in [-0.05, 0) is 42.5 Å². The summed E-state index contributed by atoms with van der Waals surface area (Å²) in [5, 5.41) is 10.8. The van der Waals surface area contributed by atoms with Gasteiger partial charge in [0.2, 0.25) is 12.3 Å². The van der Waals surface area contributed by atoms with Gasteiger partial charge in [-0.15, -0.1) is 10.2 Å². The van der Waals surface area contributed by atoms with Crippen LogP contribution in [0.5, 0.6) is 0 Å². The van der Waals surface area contributed by atoms with Crippen molar-refractivity contribution >= 4 is 11.8 Å². The van der Waals surface area contributed by atoms with Crippen molar-refractivity contribution in [2.24, 2.45) is 0 Å². The van der Waals surface area contributed by atoms with Crippen LogP contribution in [-0.4, -0.2) is 16.7 Å². The summed E-state index contributed by atoms with van der Waals surface area (Å²) in [6, 6.07) is 11.6. The number of hydrogen-bond acceptors (Lipinski definition) is 5. The van der Waals surface area contributed by atoms with E-state index in [2.05, 4.69) is 15.5 Å². The number of hydrogen-bond donors (Lipinski definition) is 1. The molecule has 5 heteroatoms. The maximum Gasteiger partial charge on any atom is 0.247 e. The molecule has 0 amide bonds. The predicted octanol–water partition coefficient (Wildman–Crippen LogP) is 3.45. The van der Waals surface area contributed by atoms with E-state index in [1.165, 1.54) is 6.39 Å². The summed E-state index contributed by atoms with van der Waals surface area (Å²) in [6.07, 6.45) is 6.91. The smallest absolute Gasteiger partial charge is 0.247 e. The minimum atomic E-state index is 0.522. The first kappa shape index (κ1) is 12.2. The van der Waals surface area contributed by atoms with Crippen molar-refractivity contribution in [3.8, 4) is 11.5 Å². The average molecular weight is 267 g/mol. The van der Waals surface area contributed by atoms with Crippen LogP contribution in [0.1, 0.15) is 5.76 Å². The highest BCUT2D eigenvalue weighted by atomic mass is 16.4. The van der Waals surface area contributed by atoms with E-state index in [4.69, 9.17) is 8.83 Å². The Bertz CT molecular complexity index is 656. The first-order chi connectivity index (χ1) is 9.92. The molecule has 5 nitrogen and oxygen atoms in total. The van der Waals surface area contributed by atoms with E-state index >= 15 is 0 Å². The topological polar surface area (TPSA) is 64.1 Å². The van der Waals surface area contributed by atoms with Gasteiger partial charge >= 0.3 is 0 Å². The summed E-state index contributed by atoms with van der Waals surface area (Å²) in [7, 11) is 0. The van der Waals surface area contributed by atoms with Gasteiger partial charge in [0.1, 0.15) is 5.76 Å². The van der Waals surface area contributed by atoms with Crippen LogP contribution in [0.15, 0.2) is 64.0 Å². The molecular weight excluding hydrogens is 254 g/mol. The summed E-state index contributed by atoms with van der Waals surface area (Å²) < 4.78 is 10.3. The number of benzene rings is 1. The fourth-order valence-electron chi connectivity index (χ4n) is 1.77. The fourth-order valence-corrected chi connectivity index (χ4v) is 1.77. The minimum absolute atomic E-state index is 0.522. The Morgan fingerprint density at radius 3 is 2.70 bits per heavy atom. The fraction of sp³-hybridized carbons (Fsp3) is 0.0667. The van der Waals surface area contributed by atoms with Crippen molar-refractivity contribution in [2.75, 3.05) is 11.9 Å². The maximum atomic E-state index is 5.20. The molecule has 0 saturated carbocycles. The summed E-state index contributed by atoms with van der Waals surface area (Å²) >= 11 is 0. The van der Waals surface area contributed by atoms with Crippen molar-refractivity contribution in [1.82, 2.24) is 10.2 Å². The van der Waals surface area contributed by atoms with Gasteiger partial charge in [-0.3, -0.25) is 0 Å². The predicted molar refractivity (Wildman–Crippen MR) is 76.0 cm³/mol. The van der Waals surface area contributed by atoms with Crippen LogP contribution < -0.4 is 5.32 Å². The Labute approximate surface area is 115 Å². The van der Waals surface area contributed by atoms with Gasteiger partial charge in [0, 0.05) is 17.8 Å². The van der Waals surface area contributed by atoms with Gasteiger partial charge in [-0.2, -0.15) is 0 Å². The lowest BCUT2D eigenvalue weighted by Gasteiger charge is -2.03. The molecule has 3 aromatic rings. The van der Waals surface area contributed by atoms with Crippen molar-refractivity contribution < 1.29 is 8.83 Å². The molecule has 2 heterocycles. The van der Waals surface area contributed by atoms with Crippen LogP contribution in [-0.2, 0) is 0 Å². The summed E-state index contributed by atoms with van der Waals surface area (Å²) in [5.41, 5.74) is 1.93. The normalized spacial score (nSPS) is 11.0. The molecule has 1 aromatic carbocycles. The van der Waals surface area contributed by atoms with Crippen LogP contribution in [0.2, 0.25) is 0 Å². The lowest BCUT2D eigenvalue weighted by atomic mass is 10.2. The molecule has 3 rings (SSSR count). The zero-order valence-corrected chi connectivity index (χ0v) is 10.7. The third-order valence-electron chi connectivity index (χ3n) is 2.74. The average Bonchev–Trinajstić information content (AvgIpc) is 3.17. The number of anilines is 1. The Balaban J connectivity index is 1.56. The molecule has 0 spiro atoms. The number of furan rings is 1. The van der Waals surface area contributed by atoms with Crippen molar-refractivity contribution in [1.29, 1.82) is 0 Å². The maximum absolute atomic E-state index is 5.20. The van der Waals surface area contributed by atoms with Gasteiger partial charge in [-0.1, -0.05) is 6.08 Å². The number of nitrogens with zero attached hydrogens (tertiary/aromatic N) is 2. The van der Waals surface area contributed by atoms with Crippen LogP contribution in [0.3, 0.4) is 0 Å². The minimum Gasteiger partial charge on any atom is -0.465 e. The van der Waals surface area contributed by atoms with Gasteiger partial charge in [0.25, 0.3) is 0 Å². The monoisotopic (exact) mass is 267 g/mol. The molecular formula is C15H13N3O2. The highest BCUT2D eigenvalue weighted by molar-refractivity contribution is 5.58. The van der Waals surface area contributed by atoms with Crippen LogP contribution in [0.25, 0.3) is 17.5 Å². The molecule has 0 atom stereocenters. The number of rotatable bonds is 5. The standard InChI is InChI=1S/C15H13N3O2/c1(3-14-4-2-10-19-14)9-16-13-7-5-12(6-8-13)15-18-17-11-20-15/h1-8,10-11,16H,9H2/b3-1+. The van der Waals surface area contributed by atoms with Crippen molar-refractivity contribution in [2.45, 2.75) is 0 Å². The first-order valence-electron chi connectivity index (χ1n) is 6.22. The van der Waals surface area contributed by atoms with Gasteiger partial charge < -0.3 is 14.2 Å². The first-order valence-corrected chi connectivity index (χ1v) is 6.22. The lowest BCUT2D eigenvalue weighted by molar-refractivity contribution is 0.557. The number of nitrogens with one attached hydrogen (secondary N) is 1. The van der Waals surface area contributed by atoms with E-state index in [0.717, 1.165) is 23.6 Å². The molecule has 0 radical (unpaired) electrons. The second-order valence-electron chi connectivity index (χ2n) is 4.12. The third-order valence-corrected chi connectivity index (χ3v) is 2.74. The van der Waals surface area contributed by atoms with Crippen LogP contribution in [0, 0.1) is 0 Å². The van der Waals surface area contributed by atoms with E-state index in [1.54, 1.807) is 6.26 Å². The third kappa shape index (κ3) is 2.95. The SMILES string of the molecule is C(=C\c1ccco1)/CNc1ccc(-c2nnco2)cc1. The van der Waals surface area contributed by atoms with E-state index in [0.29, 0.717) is 5.89 Å². The van der Waals surface area contributed by atoms with Gasteiger partial charge in [-0.25, -0.2) is 0 Å². The Hall–Kier alpha value is -2.82. The van der Waals surface area contributed by atoms with E-state index in [-0.39, 0.29) is 0 Å². The van der Waals surface area contributed by atoms with E-state index < -0.39 is 0 Å². The Morgan fingerprint density at radius 1 is 1.10 bits per heavy atom. The molecule has 100 valence electrons. The van der Waals surface area contributed by atoms with Gasteiger partial charge in [0.05, 0.1) is 6.26 Å². The van der Waals surface area contributed by atoms with Gasteiger partial charge in [0.15, 0.2) is 0 Å². The Morgan fingerprint density at radius 2 is 2.00 bits per heavy atom. The Kier molecular flexibility index (Phi) is 3.59. The summed E-state index contributed by atoms with van der Waals surface area (Å²) in [6.45, 7) is 0.723. The van der Waals surface area contributed by atoms with Crippen molar-refractivity contribution in [3.63, 3.8) is 0 Å². The highest BCUT2D eigenvalue weighted by Crippen LogP contribution is 2.18. The highest BCUT2D eigenvalue weighted by Gasteiger charge is 2.02. The molecule has 0 aliphatic heterocycles. The molecule has 0 fully saturated rings. The van der Waals surface area contributed by atoms with Crippen LogP contribution in [0.4, 0.5) is 5.69 Å². The molecule has 0 bridgehead atoms. The summed E-state index contributed by atoms with van der Waals surface area (Å²) in [4.78, 5) is 0. The molecule has 0 unspecified atom stereocenters. The zero-order chi connectivity index (χ0) is 13.6. The molecule has 1 N–H and O–H groups in total. The largest absolute Gasteiger partial charge is 0.465 e. The second kappa shape index (κ2) is 5.88.